The molecule has 0 atom stereocenters. The van der Waals surface area contributed by atoms with Crippen molar-refractivity contribution in [1.82, 2.24) is 0 Å². The quantitative estimate of drug-likeness (QED) is 0.740. The van der Waals surface area contributed by atoms with Crippen LogP contribution in [0.5, 0.6) is 11.5 Å². The van der Waals surface area contributed by atoms with Crippen LogP contribution in [0.1, 0.15) is 31.7 Å². The molecule has 2 aromatic carbocycles. The van der Waals surface area contributed by atoms with E-state index in [0.717, 1.165) is 11.3 Å². The molecule has 0 fully saturated rings. The summed E-state index contributed by atoms with van der Waals surface area (Å²) in [5.41, 5.74) is 2.29. The fourth-order valence-corrected chi connectivity index (χ4v) is 2.57. The summed E-state index contributed by atoms with van der Waals surface area (Å²) in [6.07, 6.45) is -0.277. The minimum Gasteiger partial charge on any atom is -0.493 e. The van der Waals surface area contributed by atoms with Crippen LogP contribution in [0.3, 0.4) is 0 Å². The molecule has 138 valence electrons. The Morgan fingerprint density at radius 2 is 1.58 bits per heavy atom. The molecule has 2 aromatic rings. The van der Waals surface area contributed by atoms with E-state index in [-0.39, 0.29) is 18.2 Å². The zero-order chi connectivity index (χ0) is 19.1. The molecule has 0 saturated heterocycles. The predicted molar refractivity (Wildman–Crippen MR) is 102 cm³/mol. The Bertz CT molecular complexity index is 787. The van der Waals surface area contributed by atoms with Gasteiger partial charge in [-0.1, -0.05) is 32.0 Å². The van der Waals surface area contributed by atoms with Crippen molar-refractivity contribution < 1.29 is 19.1 Å². The molecule has 0 aliphatic carbocycles. The normalized spacial score (nSPS) is 10.3. The number of amides is 2. The summed E-state index contributed by atoms with van der Waals surface area (Å²) in [7, 11) is 3.05. The van der Waals surface area contributed by atoms with Gasteiger partial charge in [-0.15, -0.1) is 0 Å². The molecule has 0 unspecified atom stereocenters. The second kappa shape index (κ2) is 8.89. The number of methoxy groups -OCH3 is 2. The van der Waals surface area contributed by atoms with Crippen LogP contribution in [-0.2, 0) is 9.59 Å². The molecule has 0 spiro atoms. The number of carbonyl (C=O) groups excluding carboxylic acids is 2. The summed E-state index contributed by atoms with van der Waals surface area (Å²) in [5.74, 6) is 0.564. The maximum atomic E-state index is 12.2. The van der Waals surface area contributed by atoms with E-state index in [0.29, 0.717) is 17.2 Å². The maximum Gasteiger partial charge on any atom is 0.233 e. The summed E-state index contributed by atoms with van der Waals surface area (Å²) in [4.78, 5) is 24.3. The number of anilines is 2. The smallest absolute Gasteiger partial charge is 0.233 e. The average molecular weight is 356 g/mol. The Hall–Kier alpha value is -3.02. The van der Waals surface area contributed by atoms with Gasteiger partial charge in [-0.2, -0.15) is 0 Å². The second-order valence-corrected chi connectivity index (χ2v) is 6.08. The van der Waals surface area contributed by atoms with E-state index in [1.54, 1.807) is 18.2 Å². The molecule has 2 rings (SSSR count). The Kier molecular flexibility index (Phi) is 6.60. The van der Waals surface area contributed by atoms with Crippen LogP contribution in [0.2, 0.25) is 0 Å². The average Bonchev–Trinajstić information content (AvgIpc) is 2.61. The van der Waals surface area contributed by atoms with Gasteiger partial charge in [-0.3, -0.25) is 9.59 Å². The van der Waals surface area contributed by atoms with Crippen LogP contribution in [0.4, 0.5) is 11.4 Å². The SMILES string of the molecule is COc1ccc(NC(=O)CC(=O)Nc2ccccc2C(C)C)cc1OC. The van der Waals surface area contributed by atoms with E-state index in [9.17, 15) is 9.59 Å². The van der Waals surface area contributed by atoms with Gasteiger partial charge < -0.3 is 20.1 Å². The van der Waals surface area contributed by atoms with Gasteiger partial charge in [-0.05, 0) is 29.7 Å². The third-order valence-corrected chi connectivity index (χ3v) is 3.85. The molecular formula is C20H24N2O4. The number of benzene rings is 2. The number of para-hydroxylation sites is 1. The number of rotatable bonds is 7. The molecule has 0 bridgehead atoms. The summed E-state index contributed by atoms with van der Waals surface area (Å²) in [6, 6.07) is 12.6. The monoisotopic (exact) mass is 356 g/mol. The van der Waals surface area contributed by atoms with Crippen molar-refractivity contribution in [2.45, 2.75) is 26.2 Å². The fourth-order valence-electron chi connectivity index (χ4n) is 2.57. The highest BCUT2D eigenvalue weighted by molar-refractivity contribution is 6.08. The minimum atomic E-state index is -0.406. The molecule has 2 amide bonds. The molecule has 0 saturated carbocycles. The highest BCUT2D eigenvalue weighted by atomic mass is 16.5. The van der Waals surface area contributed by atoms with Crippen LogP contribution in [0.25, 0.3) is 0 Å². The van der Waals surface area contributed by atoms with E-state index in [1.165, 1.54) is 14.2 Å². The number of hydrogen-bond donors (Lipinski definition) is 2. The number of hydrogen-bond acceptors (Lipinski definition) is 4. The molecule has 0 radical (unpaired) electrons. The van der Waals surface area contributed by atoms with Gasteiger partial charge >= 0.3 is 0 Å². The van der Waals surface area contributed by atoms with Gasteiger partial charge in [0.2, 0.25) is 11.8 Å². The molecule has 0 aliphatic rings. The standard InChI is InChI=1S/C20H24N2O4/c1-13(2)15-7-5-6-8-16(15)22-20(24)12-19(23)21-14-9-10-17(25-3)18(11-14)26-4/h5-11,13H,12H2,1-4H3,(H,21,23)(H,22,24). The van der Waals surface area contributed by atoms with Crippen molar-refractivity contribution >= 4 is 23.2 Å². The van der Waals surface area contributed by atoms with E-state index in [2.05, 4.69) is 24.5 Å². The summed E-state index contributed by atoms with van der Waals surface area (Å²) >= 11 is 0. The third kappa shape index (κ3) is 4.99. The maximum absolute atomic E-state index is 12.2. The van der Waals surface area contributed by atoms with Crippen molar-refractivity contribution in [1.29, 1.82) is 0 Å². The molecule has 6 heteroatoms. The largest absolute Gasteiger partial charge is 0.493 e. The van der Waals surface area contributed by atoms with E-state index >= 15 is 0 Å². The zero-order valence-corrected chi connectivity index (χ0v) is 15.5. The Balaban J connectivity index is 1.99. The highest BCUT2D eigenvalue weighted by Crippen LogP contribution is 2.29. The summed E-state index contributed by atoms with van der Waals surface area (Å²) in [5, 5.41) is 5.49. The van der Waals surface area contributed by atoms with Crippen molar-refractivity contribution in [3.8, 4) is 11.5 Å². The van der Waals surface area contributed by atoms with Gasteiger partial charge in [0.05, 0.1) is 14.2 Å². The first kappa shape index (κ1) is 19.3. The first-order valence-electron chi connectivity index (χ1n) is 8.35. The zero-order valence-electron chi connectivity index (χ0n) is 15.5. The topological polar surface area (TPSA) is 76.7 Å². The molecule has 0 heterocycles. The van der Waals surface area contributed by atoms with Crippen molar-refractivity contribution in [2.24, 2.45) is 0 Å². The van der Waals surface area contributed by atoms with Gasteiger partial charge in [0.25, 0.3) is 0 Å². The number of ether oxygens (including phenoxy) is 2. The molecular weight excluding hydrogens is 332 g/mol. The lowest BCUT2D eigenvalue weighted by molar-refractivity contribution is -0.123. The van der Waals surface area contributed by atoms with Crippen molar-refractivity contribution in [3.05, 3.63) is 48.0 Å². The summed E-state index contributed by atoms with van der Waals surface area (Å²) in [6.45, 7) is 4.10. The predicted octanol–water partition coefficient (Wildman–Crippen LogP) is 3.79. The van der Waals surface area contributed by atoms with Crippen molar-refractivity contribution in [2.75, 3.05) is 24.9 Å². The van der Waals surface area contributed by atoms with Crippen LogP contribution in [0.15, 0.2) is 42.5 Å². The number of carbonyl (C=O) groups is 2. The van der Waals surface area contributed by atoms with Gasteiger partial charge in [-0.25, -0.2) is 0 Å². The molecule has 0 aromatic heterocycles. The second-order valence-electron chi connectivity index (χ2n) is 6.08. The van der Waals surface area contributed by atoms with E-state index in [1.807, 2.05) is 24.3 Å². The molecule has 2 N–H and O–H groups in total. The lowest BCUT2D eigenvalue weighted by Gasteiger charge is -2.14. The third-order valence-electron chi connectivity index (χ3n) is 3.85. The Morgan fingerprint density at radius 1 is 0.923 bits per heavy atom. The van der Waals surface area contributed by atoms with Gasteiger partial charge in [0.15, 0.2) is 11.5 Å². The van der Waals surface area contributed by atoms with Crippen molar-refractivity contribution in [3.63, 3.8) is 0 Å². The Morgan fingerprint density at radius 3 is 2.23 bits per heavy atom. The lowest BCUT2D eigenvalue weighted by Crippen LogP contribution is -2.22. The van der Waals surface area contributed by atoms with Crippen LogP contribution in [-0.4, -0.2) is 26.0 Å². The van der Waals surface area contributed by atoms with Crippen LogP contribution < -0.4 is 20.1 Å². The van der Waals surface area contributed by atoms with Gasteiger partial charge in [0.1, 0.15) is 6.42 Å². The minimum absolute atomic E-state index is 0.270. The number of nitrogens with one attached hydrogen (secondary N) is 2. The first-order chi connectivity index (χ1) is 12.4. The van der Waals surface area contributed by atoms with Crippen LogP contribution >= 0.6 is 0 Å². The lowest BCUT2D eigenvalue weighted by atomic mass is 10.0. The first-order valence-corrected chi connectivity index (χ1v) is 8.35. The molecule has 6 nitrogen and oxygen atoms in total. The molecule has 0 aliphatic heterocycles. The molecule has 26 heavy (non-hydrogen) atoms. The van der Waals surface area contributed by atoms with Crippen LogP contribution in [0, 0.1) is 0 Å². The van der Waals surface area contributed by atoms with Gasteiger partial charge in [0, 0.05) is 17.4 Å². The summed E-state index contributed by atoms with van der Waals surface area (Å²) < 4.78 is 10.4. The highest BCUT2D eigenvalue weighted by Gasteiger charge is 2.14. The van der Waals surface area contributed by atoms with E-state index in [4.69, 9.17) is 9.47 Å². The fraction of sp³-hybridized carbons (Fsp3) is 0.300. The Labute approximate surface area is 153 Å². The van der Waals surface area contributed by atoms with E-state index < -0.39 is 5.91 Å².